The summed E-state index contributed by atoms with van der Waals surface area (Å²) < 4.78 is 30.2. The number of para-hydroxylation sites is 2. The van der Waals surface area contributed by atoms with Crippen molar-refractivity contribution in [2.75, 3.05) is 11.4 Å². The first kappa shape index (κ1) is 26.1. The molecule has 0 unspecified atom stereocenters. The van der Waals surface area contributed by atoms with Gasteiger partial charge in [-0.1, -0.05) is 94.8 Å². The first-order valence-electron chi connectivity index (χ1n) is 12.2. The van der Waals surface area contributed by atoms with Crippen molar-refractivity contribution in [3.05, 3.63) is 137 Å². The second-order valence-corrected chi connectivity index (χ2v) is 12.1. The summed E-state index contributed by atoms with van der Waals surface area (Å²) in [7, 11) is -3.94. The SMILES string of the molecule is C=C1CN(S(=O)(=O)c2ccc(C)cc2)[C@H](c2ccccc2Br)[C@H]1C(=O)N(c1ccccc1)c1ccccc1. The number of amides is 1. The molecule has 1 fully saturated rings. The molecule has 1 amide bonds. The Morgan fingerprint density at radius 2 is 1.37 bits per heavy atom. The van der Waals surface area contributed by atoms with Crippen LogP contribution in [0.15, 0.2) is 131 Å². The summed E-state index contributed by atoms with van der Waals surface area (Å²) in [5.41, 5.74) is 3.61. The van der Waals surface area contributed by atoms with E-state index in [2.05, 4.69) is 22.5 Å². The van der Waals surface area contributed by atoms with Gasteiger partial charge in [-0.15, -0.1) is 0 Å². The Morgan fingerprint density at radius 1 is 0.842 bits per heavy atom. The highest BCUT2D eigenvalue weighted by Gasteiger charge is 2.49. The number of nitrogens with zero attached hydrogens (tertiary/aromatic N) is 2. The van der Waals surface area contributed by atoms with Gasteiger partial charge in [0.05, 0.1) is 16.9 Å². The fourth-order valence-corrected chi connectivity index (χ4v) is 7.06. The molecule has 0 spiro atoms. The third-order valence-corrected chi connectivity index (χ3v) is 9.36. The molecule has 1 aliphatic rings. The molecule has 1 aliphatic heterocycles. The van der Waals surface area contributed by atoms with Gasteiger partial charge in [-0.25, -0.2) is 8.42 Å². The molecule has 2 atom stereocenters. The highest BCUT2D eigenvalue weighted by atomic mass is 79.9. The number of carbonyl (C=O) groups is 1. The normalized spacial score (nSPS) is 17.9. The van der Waals surface area contributed by atoms with E-state index in [-0.39, 0.29) is 17.3 Å². The predicted molar refractivity (Wildman–Crippen MR) is 155 cm³/mol. The van der Waals surface area contributed by atoms with Crippen LogP contribution in [0.25, 0.3) is 0 Å². The molecule has 0 aromatic heterocycles. The van der Waals surface area contributed by atoms with E-state index in [4.69, 9.17) is 0 Å². The summed E-state index contributed by atoms with van der Waals surface area (Å²) >= 11 is 3.61. The number of hydrogen-bond acceptors (Lipinski definition) is 3. The van der Waals surface area contributed by atoms with Gasteiger partial charge in [0.1, 0.15) is 0 Å². The number of halogens is 1. The molecule has 5 nitrogen and oxygen atoms in total. The second kappa shape index (κ2) is 10.7. The van der Waals surface area contributed by atoms with Crippen molar-refractivity contribution in [3.63, 3.8) is 0 Å². The third kappa shape index (κ3) is 4.85. The maximum Gasteiger partial charge on any atom is 0.243 e. The topological polar surface area (TPSA) is 57.7 Å². The Kier molecular flexibility index (Phi) is 7.34. The Morgan fingerprint density at radius 3 is 1.92 bits per heavy atom. The van der Waals surface area contributed by atoms with E-state index in [1.54, 1.807) is 29.2 Å². The monoisotopic (exact) mass is 586 g/mol. The Bertz CT molecular complexity index is 1530. The average Bonchev–Trinajstić information content (AvgIpc) is 3.28. The minimum atomic E-state index is -3.94. The van der Waals surface area contributed by atoms with Gasteiger partial charge in [0.25, 0.3) is 0 Å². The van der Waals surface area contributed by atoms with E-state index in [1.165, 1.54) is 4.31 Å². The fourth-order valence-electron chi connectivity index (χ4n) is 4.92. The van der Waals surface area contributed by atoms with Crippen molar-refractivity contribution >= 4 is 43.2 Å². The zero-order valence-electron chi connectivity index (χ0n) is 20.9. The van der Waals surface area contributed by atoms with E-state index in [9.17, 15) is 13.2 Å². The van der Waals surface area contributed by atoms with Gasteiger partial charge in [-0.2, -0.15) is 4.31 Å². The van der Waals surface area contributed by atoms with Crippen LogP contribution in [0.1, 0.15) is 17.2 Å². The van der Waals surface area contributed by atoms with Gasteiger partial charge in [0.2, 0.25) is 15.9 Å². The smallest absolute Gasteiger partial charge is 0.243 e. The fraction of sp³-hybridized carbons (Fsp3) is 0.129. The average molecular weight is 588 g/mol. The lowest BCUT2D eigenvalue weighted by Gasteiger charge is -2.32. The van der Waals surface area contributed by atoms with E-state index >= 15 is 0 Å². The molecule has 192 valence electrons. The molecule has 38 heavy (non-hydrogen) atoms. The largest absolute Gasteiger partial charge is 0.280 e. The first-order valence-corrected chi connectivity index (χ1v) is 14.5. The molecule has 5 rings (SSSR count). The number of hydrogen-bond donors (Lipinski definition) is 0. The summed E-state index contributed by atoms with van der Waals surface area (Å²) in [5, 5.41) is 0. The molecule has 0 N–H and O–H groups in total. The summed E-state index contributed by atoms with van der Waals surface area (Å²) in [4.78, 5) is 16.4. The van der Waals surface area contributed by atoms with Crippen molar-refractivity contribution in [2.24, 2.45) is 5.92 Å². The van der Waals surface area contributed by atoms with Crippen LogP contribution in [0.5, 0.6) is 0 Å². The van der Waals surface area contributed by atoms with Crippen molar-refractivity contribution < 1.29 is 13.2 Å². The van der Waals surface area contributed by atoms with Crippen molar-refractivity contribution in [1.29, 1.82) is 0 Å². The lowest BCUT2D eigenvalue weighted by Crippen LogP contribution is -2.38. The molecule has 7 heteroatoms. The number of rotatable bonds is 6. The molecule has 0 saturated carbocycles. The number of sulfonamides is 1. The standard InChI is InChI=1S/C31H27BrN2O3S/c1-22-17-19-26(20-18-22)38(36,37)33-21-23(2)29(30(33)27-15-9-10-16-28(27)32)31(35)34(24-11-5-3-6-12-24)25-13-7-4-8-14-25/h3-20,29-30H,2,21H2,1H3/t29-,30+/m0/s1. The maximum atomic E-state index is 14.5. The van der Waals surface area contributed by atoms with Crippen LogP contribution in [-0.2, 0) is 14.8 Å². The molecule has 4 aromatic rings. The molecule has 1 heterocycles. The van der Waals surface area contributed by atoms with Crippen LogP contribution < -0.4 is 4.90 Å². The Hall–Kier alpha value is -3.52. The van der Waals surface area contributed by atoms with Gasteiger partial charge < -0.3 is 0 Å². The summed E-state index contributed by atoms with van der Waals surface area (Å²) in [6, 6.07) is 32.2. The van der Waals surface area contributed by atoms with E-state index in [1.807, 2.05) is 91.9 Å². The predicted octanol–water partition coefficient (Wildman–Crippen LogP) is 7.04. The lowest BCUT2D eigenvalue weighted by atomic mass is 9.90. The van der Waals surface area contributed by atoms with Crippen LogP contribution in [0.4, 0.5) is 11.4 Å². The van der Waals surface area contributed by atoms with E-state index in [0.29, 0.717) is 22.5 Å². The van der Waals surface area contributed by atoms with Gasteiger partial charge in [0, 0.05) is 22.4 Å². The van der Waals surface area contributed by atoms with Crippen molar-refractivity contribution in [1.82, 2.24) is 4.31 Å². The molecule has 0 bridgehead atoms. The molecule has 1 saturated heterocycles. The third-order valence-electron chi connectivity index (χ3n) is 6.79. The van der Waals surface area contributed by atoms with Gasteiger partial charge in [-0.3, -0.25) is 9.69 Å². The first-order chi connectivity index (χ1) is 18.3. The van der Waals surface area contributed by atoms with Crippen LogP contribution in [0, 0.1) is 12.8 Å². The van der Waals surface area contributed by atoms with Gasteiger partial charge in [-0.05, 0) is 60.5 Å². The minimum absolute atomic E-state index is 0.0377. The number of benzene rings is 4. The minimum Gasteiger partial charge on any atom is -0.280 e. The van der Waals surface area contributed by atoms with Crippen molar-refractivity contribution in [3.8, 4) is 0 Å². The molecule has 0 radical (unpaired) electrons. The molecular formula is C31H27BrN2O3S. The second-order valence-electron chi connectivity index (χ2n) is 9.31. The molecule has 0 aliphatic carbocycles. The Labute approximate surface area is 232 Å². The Balaban J connectivity index is 1.66. The zero-order chi connectivity index (χ0) is 26.9. The highest BCUT2D eigenvalue weighted by Crippen LogP contribution is 2.47. The number of aryl methyl sites for hydroxylation is 1. The van der Waals surface area contributed by atoms with Gasteiger partial charge >= 0.3 is 0 Å². The number of carbonyl (C=O) groups excluding carboxylic acids is 1. The summed E-state index contributed by atoms with van der Waals surface area (Å²) in [6.07, 6.45) is 0. The van der Waals surface area contributed by atoms with E-state index in [0.717, 1.165) is 10.0 Å². The van der Waals surface area contributed by atoms with Crippen LogP contribution in [0.2, 0.25) is 0 Å². The van der Waals surface area contributed by atoms with Crippen LogP contribution in [-0.4, -0.2) is 25.2 Å². The highest BCUT2D eigenvalue weighted by molar-refractivity contribution is 9.10. The van der Waals surface area contributed by atoms with E-state index < -0.39 is 22.0 Å². The number of anilines is 2. The molecule has 4 aromatic carbocycles. The zero-order valence-corrected chi connectivity index (χ0v) is 23.3. The summed E-state index contributed by atoms with van der Waals surface area (Å²) in [5.74, 6) is -1.05. The van der Waals surface area contributed by atoms with Gasteiger partial charge in [0.15, 0.2) is 0 Å². The van der Waals surface area contributed by atoms with Crippen LogP contribution in [0.3, 0.4) is 0 Å². The lowest BCUT2D eigenvalue weighted by molar-refractivity contribution is -0.121. The summed E-state index contributed by atoms with van der Waals surface area (Å²) in [6.45, 7) is 6.18. The molecular weight excluding hydrogens is 560 g/mol. The maximum absolute atomic E-state index is 14.5. The van der Waals surface area contributed by atoms with Crippen molar-refractivity contribution in [2.45, 2.75) is 17.9 Å². The quantitative estimate of drug-likeness (QED) is 0.228. The van der Waals surface area contributed by atoms with Crippen LogP contribution >= 0.6 is 15.9 Å².